The summed E-state index contributed by atoms with van der Waals surface area (Å²) in [4.78, 5) is 8.52. The zero-order valence-corrected chi connectivity index (χ0v) is 10.00. The van der Waals surface area contributed by atoms with Crippen LogP contribution in [0.4, 0.5) is 0 Å². The van der Waals surface area contributed by atoms with E-state index in [1.165, 1.54) is 0 Å². The first-order valence-electron chi connectivity index (χ1n) is 5.72. The summed E-state index contributed by atoms with van der Waals surface area (Å²) in [5.41, 5.74) is 3.18. The van der Waals surface area contributed by atoms with Gasteiger partial charge in [0.05, 0.1) is 12.6 Å². The van der Waals surface area contributed by atoms with Crippen molar-refractivity contribution < 1.29 is 4.74 Å². The number of pyridine rings is 2. The molecule has 2 aromatic heterocycles. The van der Waals surface area contributed by atoms with Crippen LogP contribution in [-0.4, -0.2) is 17.1 Å². The molecule has 0 saturated heterocycles. The minimum atomic E-state index is 0.636. The quantitative estimate of drug-likeness (QED) is 0.684. The maximum absolute atomic E-state index is 5.12. The highest BCUT2D eigenvalue weighted by Crippen LogP contribution is 2.24. The van der Waals surface area contributed by atoms with E-state index in [0.717, 1.165) is 22.0 Å². The Morgan fingerprint density at radius 1 is 1.00 bits per heavy atom. The monoisotopic (exact) mass is 236 g/mol. The molecule has 0 spiro atoms. The zero-order valence-electron chi connectivity index (χ0n) is 10.00. The molecule has 0 aliphatic rings. The second kappa shape index (κ2) is 4.45. The average molecular weight is 236 g/mol. The van der Waals surface area contributed by atoms with Crippen LogP contribution in [0.1, 0.15) is 0 Å². The second-order valence-electron chi connectivity index (χ2n) is 4.00. The summed E-state index contributed by atoms with van der Waals surface area (Å²) in [6.45, 7) is 0. The Morgan fingerprint density at radius 3 is 2.72 bits per heavy atom. The fraction of sp³-hybridized carbons (Fsp3) is 0.0667. The molecule has 0 aliphatic carbocycles. The van der Waals surface area contributed by atoms with E-state index in [4.69, 9.17) is 4.74 Å². The normalized spacial score (nSPS) is 10.5. The van der Waals surface area contributed by atoms with Gasteiger partial charge in [-0.05, 0) is 29.8 Å². The SMILES string of the molecule is COc1ccc2cc(-c3cccnc3)ccc2n1. The Kier molecular flexibility index (Phi) is 2.65. The molecule has 0 radical (unpaired) electrons. The van der Waals surface area contributed by atoms with Gasteiger partial charge in [-0.2, -0.15) is 0 Å². The van der Waals surface area contributed by atoms with Crippen molar-refractivity contribution in [3.63, 3.8) is 0 Å². The lowest BCUT2D eigenvalue weighted by Crippen LogP contribution is -1.88. The number of fused-ring (bicyclic) bond motifs is 1. The van der Waals surface area contributed by atoms with Gasteiger partial charge in [0, 0.05) is 29.4 Å². The fourth-order valence-corrected chi connectivity index (χ4v) is 1.93. The van der Waals surface area contributed by atoms with Crippen LogP contribution < -0.4 is 4.74 Å². The van der Waals surface area contributed by atoms with Gasteiger partial charge in [-0.1, -0.05) is 12.1 Å². The Bertz CT molecular complexity index is 680. The molecule has 3 aromatic rings. The van der Waals surface area contributed by atoms with Crippen LogP contribution in [0.25, 0.3) is 22.0 Å². The molecule has 0 aliphatic heterocycles. The Hall–Kier alpha value is -2.42. The zero-order chi connectivity index (χ0) is 12.4. The van der Waals surface area contributed by atoms with E-state index in [2.05, 4.69) is 16.0 Å². The molecule has 1 aromatic carbocycles. The topological polar surface area (TPSA) is 35.0 Å². The number of hydrogen-bond donors (Lipinski definition) is 0. The van der Waals surface area contributed by atoms with Gasteiger partial charge in [0.25, 0.3) is 0 Å². The predicted octanol–water partition coefficient (Wildman–Crippen LogP) is 3.31. The summed E-state index contributed by atoms with van der Waals surface area (Å²) in [5, 5.41) is 1.09. The van der Waals surface area contributed by atoms with Crippen LogP contribution in [0.2, 0.25) is 0 Å². The largest absolute Gasteiger partial charge is 0.481 e. The highest BCUT2D eigenvalue weighted by atomic mass is 16.5. The van der Waals surface area contributed by atoms with Crippen molar-refractivity contribution in [1.82, 2.24) is 9.97 Å². The molecular weight excluding hydrogens is 224 g/mol. The van der Waals surface area contributed by atoms with E-state index in [9.17, 15) is 0 Å². The minimum Gasteiger partial charge on any atom is -0.481 e. The Morgan fingerprint density at radius 2 is 1.94 bits per heavy atom. The highest BCUT2D eigenvalue weighted by Gasteiger charge is 2.01. The van der Waals surface area contributed by atoms with E-state index >= 15 is 0 Å². The van der Waals surface area contributed by atoms with Crippen molar-refractivity contribution in [1.29, 1.82) is 0 Å². The molecule has 0 amide bonds. The minimum absolute atomic E-state index is 0.636. The summed E-state index contributed by atoms with van der Waals surface area (Å²) in [6.07, 6.45) is 3.63. The van der Waals surface area contributed by atoms with E-state index in [0.29, 0.717) is 5.88 Å². The maximum atomic E-state index is 5.12. The van der Waals surface area contributed by atoms with Gasteiger partial charge in [0.2, 0.25) is 5.88 Å². The molecule has 3 nitrogen and oxygen atoms in total. The van der Waals surface area contributed by atoms with Crippen LogP contribution in [0.15, 0.2) is 54.9 Å². The lowest BCUT2D eigenvalue weighted by atomic mass is 10.1. The number of nitrogens with zero attached hydrogens (tertiary/aromatic N) is 2. The number of hydrogen-bond acceptors (Lipinski definition) is 3. The highest BCUT2D eigenvalue weighted by molar-refractivity contribution is 5.84. The van der Waals surface area contributed by atoms with Gasteiger partial charge < -0.3 is 4.74 Å². The first-order valence-corrected chi connectivity index (χ1v) is 5.72. The molecule has 0 fully saturated rings. The molecule has 0 bridgehead atoms. The number of benzene rings is 1. The van der Waals surface area contributed by atoms with Crippen LogP contribution >= 0.6 is 0 Å². The van der Waals surface area contributed by atoms with Crippen molar-refractivity contribution in [2.75, 3.05) is 7.11 Å². The second-order valence-corrected chi connectivity index (χ2v) is 4.00. The van der Waals surface area contributed by atoms with Gasteiger partial charge in [-0.25, -0.2) is 4.98 Å². The van der Waals surface area contributed by atoms with E-state index < -0.39 is 0 Å². The third kappa shape index (κ3) is 1.91. The smallest absolute Gasteiger partial charge is 0.213 e. The third-order valence-electron chi connectivity index (χ3n) is 2.87. The number of aromatic nitrogens is 2. The van der Waals surface area contributed by atoms with Gasteiger partial charge in [-0.3, -0.25) is 4.98 Å². The molecule has 2 heterocycles. The average Bonchev–Trinajstić information content (AvgIpc) is 2.47. The van der Waals surface area contributed by atoms with Crippen molar-refractivity contribution >= 4 is 10.9 Å². The van der Waals surface area contributed by atoms with Crippen molar-refractivity contribution in [3.05, 3.63) is 54.9 Å². The third-order valence-corrected chi connectivity index (χ3v) is 2.87. The molecular formula is C15H12N2O. The molecule has 0 saturated carbocycles. The molecule has 88 valence electrons. The van der Waals surface area contributed by atoms with Gasteiger partial charge in [0.15, 0.2) is 0 Å². The first kappa shape index (κ1) is 10.7. The Labute approximate surface area is 105 Å². The molecule has 0 atom stereocenters. The lowest BCUT2D eigenvalue weighted by molar-refractivity contribution is 0.399. The molecule has 3 rings (SSSR count). The summed E-state index contributed by atoms with van der Waals surface area (Å²) < 4.78 is 5.12. The summed E-state index contributed by atoms with van der Waals surface area (Å²) >= 11 is 0. The van der Waals surface area contributed by atoms with Gasteiger partial charge in [-0.15, -0.1) is 0 Å². The molecule has 0 unspecified atom stereocenters. The van der Waals surface area contributed by atoms with Gasteiger partial charge >= 0.3 is 0 Å². The number of rotatable bonds is 2. The molecule has 18 heavy (non-hydrogen) atoms. The summed E-state index contributed by atoms with van der Waals surface area (Å²) in [6, 6.07) is 14.0. The van der Waals surface area contributed by atoms with Crippen molar-refractivity contribution in [2.24, 2.45) is 0 Å². The van der Waals surface area contributed by atoms with E-state index in [1.54, 1.807) is 13.3 Å². The molecule has 3 heteroatoms. The van der Waals surface area contributed by atoms with Crippen molar-refractivity contribution in [2.45, 2.75) is 0 Å². The maximum Gasteiger partial charge on any atom is 0.213 e. The lowest BCUT2D eigenvalue weighted by Gasteiger charge is -2.04. The number of ether oxygens (including phenoxy) is 1. The standard InChI is InChI=1S/C15H12N2O/c1-18-15-7-5-12-9-11(4-6-14(12)17-15)13-3-2-8-16-10-13/h2-10H,1H3. The van der Waals surface area contributed by atoms with Crippen LogP contribution in [0.5, 0.6) is 5.88 Å². The van der Waals surface area contributed by atoms with E-state index in [1.807, 2.05) is 42.6 Å². The predicted molar refractivity (Wildman–Crippen MR) is 71.5 cm³/mol. The van der Waals surface area contributed by atoms with Crippen molar-refractivity contribution in [3.8, 4) is 17.0 Å². The van der Waals surface area contributed by atoms with E-state index in [-0.39, 0.29) is 0 Å². The fourth-order valence-electron chi connectivity index (χ4n) is 1.93. The first-order chi connectivity index (χ1) is 8.86. The summed E-state index contributed by atoms with van der Waals surface area (Å²) in [7, 11) is 1.62. The van der Waals surface area contributed by atoms with Crippen LogP contribution in [-0.2, 0) is 0 Å². The van der Waals surface area contributed by atoms with Crippen LogP contribution in [0, 0.1) is 0 Å². The number of methoxy groups -OCH3 is 1. The Balaban J connectivity index is 2.12. The van der Waals surface area contributed by atoms with Gasteiger partial charge in [0.1, 0.15) is 0 Å². The molecule has 0 N–H and O–H groups in total. The summed E-state index contributed by atoms with van der Waals surface area (Å²) in [5.74, 6) is 0.636. The van der Waals surface area contributed by atoms with Crippen LogP contribution in [0.3, 0.4) is 0 Å².